The van der Waals surface area contributed by atoms with Crippen molar-refractivity contribution in [1.82, 2.24) is 0 Å². The van der Waals surface area contributed by atoms with Crippen molar-refractivity contribution in [2.24, 2.45) is 4.99 Å². The molecule has 0 spiro atoms. The summed E-state index contributed by atoms with van der Waals surface area (Å²) >= 11 is 0. The van der Waals surface area contributed by atoms with Gasteiger partial charge in [0.05, 0.1) is 5.54 Å². The third kappa shape index (κ3) is 3.42. The predicted molar refractivity (Wildman–Crippen MR) is 97.3 cm³/mol. The number of aliphatic imine (C=N–C) groups is 1. The van der Waals surface area contributed by atoms with E-state index in [0.29, 0.717) is 6.61 Å². The summed E-state index contributed by atoms with van der Waals surface area (Å²) in [6.07, 6.45) is 0. The molecule has 0 bridgehead atoms. The second-order valence-electron chi connectivity index (χ2n) is 5.93. The fourth-order valence-corrected chi connectivity index (χ4v) is 4.20. The summed E-state index contributed by atoms with van der Waals surface area (Å²) in [6.45, 7) is 7.16. The van der Waals surface area contributed by atoms with E-state index in [9.17, 15) is 0 Å². The SMILES string of the molecule is CP(c1ccccc1)c1ccccc1C1=NC(C)(C)CO1.[B]. The molecule has 2 aromatic carbocycles. The van der Waals surface area contributed by atoms with Crippen LogP contribution in [0, 0.1) is 0 Å². The van der Waals surface area contributed by atoms with Gasteiger partial charge in [-0.15, -0.1) is 0 Å². The number of benzene rings is 2. The second kappa shape index (κ2) is 6.66. The number of rotatable bonds is 3. The van der Waals surface area contributed by atoms with Crippen LogP contribution in [-0.2, 0) is 4.74 Å². The minimum Gasteiger partial charge on any atom is -0.475 e. The Morgan fingerprint density at radius 3 is 2.27 bits per heavy atom. The molecule has 3 radical (unpaired) electrons. The van der Waals surface area contributed by atoms with E-state index in [4.69, 9.17) is 9.73 Å². The van der Waals surface area contributed by atoms with Crippen molar-refractivity contribution in [1.29, 1.82) is 0 Å². The summed E-state index contributed by atoms with van der Waals surface area (Å²) in [7, 11) is -0.399. The minimum absolute atomic E-state index is 0. The molecule has 3 rings (SSSR count). The molecule has 1 aliphatic heterocycles. The Hall–Kier alpha value is -1.60. The van der Waals surface area contributed by atoms with Crippen LogP contribution in [0.2, 0.25) is 0 Å². The van der Waals surface area contributed by atoms with Crippen LogP contribution in [0.1, 0.15) is 19.4 Å². The molecule has 2 nitrogen and oxygen atoms in total. The largest absolute Gasteiger partial charge is 0.475 e. The topological polar surface area (TPSA) is 21.6 Å². The molecule has 22 heavy (non-hydrogen) atoms. The van der Waals surface area contributed by atoms with Crippen LogP contribution in [0.25, 0.3) is 0 Å². The summed E-state index contributed by atoms with van der Waals surface area (Å²) in [4.78, 5) is 4.73. The Morgan fingerprint density at radius 1 is 1.00 bits per heavy atom. The van der Waals surface area contributed by atoms with Gasteiger partial charge in [0.1, 0.15) is 6.61 Å². The van der Waals surface area contributed by atoms with Crippen LogP contribution >= 0.6 is 7.92 Å². The summed E-state index contributed by atoms with van der Waals surface area (Å²) in [5, 5.41) is 2.70. The van der Waals surface area contributed by atoms with Crippen molar-refractivity contribution < 1.29 is 4.74 Å². The van der Waals surface area contributed by atoms with E-state index in [-0.39, 0.29) is 14.0 Å². The van der Waals surface area contributed by atoms with Crippen LogP contribution in [0.3, 0.4) is 0 Å². The third-order valence-electron chi connectivity index (χ3n) is 3.61. The van der Waals surface area contributed by atoms with E-state index in [1.54, 1.807) is 0 Å². The average molecular weight is 308 g/mol. The predicted octanol–water partition coefficient (Wildman–Crippen LogP) is 2.92. The smallest absolute Gasteiger partial charge is 0.217 e. The molecule has 1 unspecified atom stereocenters. The van der Waals surface area contributed by atoms with Gasteiger partial charge in [-0.1, -0.05) is 48.5 Å². The van der Waals surface area contributed by atoms with Crippen LogP contribution in [0.15, 0.2) is 59.6 Å². The molecule has 0 aromatic heterocycles. The first kappa shape index (κ1) is 16.8. The molecule has 0 saturated heterocycles. The van der Waals surface area contributed by atoms with Crippen molar-refractivity contribution >= 4 is 32.8 Å². The fraction of sp³-hybridized carbons (Fsp3) is 0.278. The highest BCUT2D eigenvalue weighted by Crippen LogP contribution is 2.31. The highest BCUT2D eigenvalue weighted by molar-refractivity contribution is 7.72. The molecule has 1 aliphatic rings. The van der Waals surface area contributed by atoms with E-state index >= 15 is 0 Å². The van der Waals surface area contributed by atoms with Crippen molar-refractivity contribution in [3.63, 3.8) is 0 Å². The van der Waals surface area contributed by atoms with Crippen molar-refractivity contribution in [2.45, 2.75) is 19.4 Å². The molecule has 0 amide bonds. The molecule has 0 N–H and O–H groups in total. The van der Waals surface area contributed by atoms with E-state index in [1.807, 2.05) is 0 Å². The van der Waals surface area contributed by atoms with Crippen LogP contribution in [0.4, 0.5) is 0 Å². The highest BCUT2D eigenvalue weighted by atomic mass is 31.1. The zero-order valence-electron chi connectivity index (χ0n) is 13.3. The van der Waals surface area contributed by atoms with Gasteiger partial charge in [0.15, 0.2) is 0 Å². The van der Waals surface area contributed by atoms with Gasteiger partial charge in [-0.25, -0.2) is 4.99 Å². The van der Waals surface area contributed by atoms with E-state index < -0.39 is 7.92 Å². The summed E-state index contributed by atoms with van der Waals surface area (Å²) in [6, 6.07) is 19.1. The average Bonchev–Trinajstić information content (AvgIpc) is 2.87. The second-order valence-corrected chi connectivity index (χ2v) is 8.05. The lowest BCUT2D eigenvalue weighted by Crippen LogP contribution is -2.19. The Kier molecular flexibility index (Phi) is 5.08. The lowest BCUT2D eigenvalue weighted by Gasteiger charge is -2.17. The third-order valence-corrected chi connectivity index (χ3v) is 5.79. The van der Waals surface area contributed by atoms with Gasteiger partial charge in [0, 0.05) is 14.0 Å². The first-order valence-electron chi connectivity index (χ1n) is 7.18. The van der Waals surface area contributed by atoms with E-state index in [2.05, 4.69) is 75.1 Å². The lowest BCUT2D eigenvalue weighted by atomic mass is 10.1. The van der Waals surface area contributed by atoms with Gasteiger partial charge in [-0.3, -0.25) is 0 Å². The molecule has 2 aromatic rings. The number of ether oxygens (including phenoxy) is 1. The van der Waals surface area contributed by atoms with Crippen molar-refractivity contribution in [3.8, 4) is 0 Å². The summed E-state index contributed by atoms with van der Waals surface area (Å²) in [5.74, 6) is 0.792. The zero-order valence-corrected chi connectivity index (χ0v) is 14.2. The maximum Gasteiger partial charge on any atom is 0.217 e. The van der Waals surface area contributed by atoms with Crippen LogP contribution in [-0.4, -0.2) is 33.1 Å². The zero-order chi connectivity index (χ0) is 14.9. The highest BCUT2D eigenvalue weighted by Gasteiger charge is 2.28. The number of hydrogen-bond donors (Lipinski definition) is 0. The lowest BCUT2D eigenvalue weighted by molar-refractivity contribution is 0.279. The van der Waals surface area contributed by atoms with Crippen LogP contribution in [0.5, 0.6) is 0 Å². The van der Waals surface area contributed by atoms with Gasteiger partial charge in [-0.2, -0.15) is 0 Å². The van der Waals surface area contributed by atoms with Crippen LogP contribution < -0.4 is 10.6 Å². The first-order valence-corrected chi connectivity index (χ1v) is 8.96. The Bertz CT molecular complexity index is 670. The maximum atomic E-state index is 5.84. The number of hydrogen-bond acceptors (Lipinski definition) is 2. The Labute approximate surface area is 136 Å². The van der Waals surface area contributed by atoms with Gasteiger partial charge in [0.25, 0.3) is 0 Å². The van der Waals surface area contributed by atoms with Gasteiger partial charge in [0.2, 0.25) is 5.90 Å². The molecule has 4 heteroatoms. The van der Waals surface area contributed by atoms with Gasteiger partial charge < -0.3 is 4.74 Å². The molecular weight excluding hydrogens is 288 g/mol. The fourth-order valence-electron chi connectivity index (χ4n) is 2.46. The van der Waals surface area contributed by atoms with E-state index in [1.165, 1.54) is 10.6 Å². The molecule has 0 saturated carbocycles. The first-order chi connectivity index (χ1) is 10.1. The minimum atomic E-state index is -0.399. The summed E-state index contributed by atoms with van der Waals surface area (Å²) < 4.78 is 5.84. The van der Waals surface area contributed by atoms with Gasteiger partial charge in [-0.05, 0) is 45.1 Å². The molecule has 0 fully saturated rings. The summed E-state index contributed by atoms with van der Waals surface area (Å²) in [5.41, 5.74) is 1.02. The number of nitrogens with zero attached hydrogens (tertiary/aromatic N) is 1. The molecule has 1 heterocycles. The normalized spacial score (nSPS) is 17.1. The van der Waals surface area contributed by atoms with Gasteiger partial charge >= 0.3 is 0 Å². The quantitative estimate of drug-likeness (QED) is 0.631. The molecule has 111 valence electrons. The van der Waals surface area contributed by atoms with E-state index in [0.717, 1.165) is 11.5 Å². The Balaban J connectivity index is 0.00000176. The monoisotopic (exact) mass is 308 g/mol. The Morgan fingerprint density at radius 2 is 1.64 bits per heavy atom. The molecular formula is C18H20BNOP. The maximum absolute atomic E-state index is 5.84. The molecule has 0 aliphatic carbocycles. The van der Waals surface area contributed by atoms with Crippen molar-refractivity contribution in [3.05, 3.63) is 60.2 Å². The standard InChI is InChI=1S/C18H20NOP.B/c1-18(2)13-20-17(19-18)15-11-7-8-12-16(15)21(3)14-9-5-4-6-10-14;/h4-12H,13H2,1-3H3;. The van der Waals surface area contributed by atoms with Crippen molar-refractivity contribution in [2.75, 3.05) is 13.3 Å². The molecule has 1 atom stereocenters.